The maximum atomic E-state index is 13.0. The van der Waals surface area contributed by atoms with E-state index in [1.54, 1.807) is 13.0 Å². The lowest BCUT2D eigenvalue weighted by atomic mass is 10.1. The number of anilines is 1. The van der Waals surface area contributed by atoms with Crippen LogP contribution in [0.5, 0.6) is 0 Å². The van der Waals surface area contributed by atoms with E-state index in [9.17, 15) is 9.18 Å². The van der Waals surface area contributed by atoms with Crippen molar-refractivity contribution in [2.24, 2.45) is 0 Å². The minimum Gasteiger partial charge on any atom is -0.478 e. The van der Waals surface area contributed by atoms with Crippen molar-refractivity contribution in [3.8, 4) is 0 Å². The molecule has 0 saturated carbocycles. The number of nitrogens with one attached hydrogen (secondary N) is 1. The summed E-state index contributed by atoms with van der Waals surface area (Å²) in [5.74, 6) is -0.946. The van der Waals surface area contributed by atoms with Crippen LogP contribution in [0.2, 0.25) is 0 Å². The molecule has 5 nitrogen and oxygen atoms in total. The molecule has 6 heteroatoms. The van der Waals surface area contributed by atoms with E-state index < -0.39 is 5.97 Å². The van der Waals surface area contributed by atoms with Crippen LogP contribution in [0, 0.1) is 12.7 Å². The van der Waals surface area contributed by atoms with E-state index in [0.717, 1.165) is 5.56 Å². The van der Waals surface area contributed by atoms with Gasteiger partial charge >= 0.3 is 5.97 Å². The molecule has 2 N–H and O–H groups in total. The molecule has 20 heavy (non-hydrogen) atoms. The first kappa shape index (κ1) is 13.9. The van der Waals surface area contributed by atoms with Crippen LogP contribution < -0.4 is 5.32 Å². The first-order valence-electron chi connectivity index (χ1n) is 6.11. The Labute approximate surface area is 115 Å². The summed E-state index contributed by atoms with van der Waals surface area (Å²) < 4.78 is 13.0. The number of carbonyl (C=O) groups is 1. The number of rotatable bonds is 5. The maximum Gasteiger partial charge on any atom is 0.339 e. The van der Waals surface area contributed by atoms with Crippen molar-refractivity contribution in [3.63, 3.8) is 0 Å². The van der Waals surface area contributed by atoms with Gasteiger partial charge in [0.1, 0.15) is 5.82 Å². The van der Waals surface area contributed by atoms with E-state index in [1.807, 2.05) is 6.07 Å². The van der Waals surface area contributed by atoms with Crippen molar-refractivity contribution in [1.82, 2.24) is 9.97 Å². The average molecular weight is 275 g/mol. The van der Waals surface area contributed by atoms with Crippen molar-refractivity contribution >= 4 is 11.9 Å². The molecule has 0 fully saturated rings. The van der Waals surface area contributed by atoms with Gasteiger partial charge in [-0.2, -0.15) is 0 Å². The third kappa shape index (κ3) is 3.50. The number of hydrogen-bond acceptors (Lipinski definition) is 4. The van der Waals surface area contributed by atoms with Gasteiger partial charge in [0.15, 0.2) is 0 Å². The summed E-state index contributed by atoms with van der Waals surface area (Å²) in [6.07, 6.45) is 1.90. The van der Waals surface area contributed by atoms with E-state index in [0.29, 0.717) is 24.6 Å². The third-order valence-electron chi connectivity index (χ3n) is 2.80. The quantitative estimate of drug-likeness (QED) is 0.875. The van der Waals surface area contributed by atoms with Gasteiger partial charge in [0.2, 0.25) is 5.95 Å². The molecule has 0 spiro atoms. The van der Waals surface area contributed by atoms with Crippen LogP contribution in [-0.2, 0) is 6.42 Å². The normalized spacial score (nSPS) is 10.3. The minimum atomic E-state index is -1.05. The summed E-state index contributed by atoms with van der Waals surface area (Å²) in [5.41, 5.74) is 1.36. The molecule has 1 aromatic heterocycles. The predicted octanol–water partition coefficient (Wildman–Crippen LogP) is 2.28. The lowest BCUT2D eigenvalue weighted by molar-refractivity contribution is 0.0695. The molecule has 1 heterocycles. The largest absolute Gasteiger partial charge is 0.478 e. The minimum absolute atomic E-state index is 0.0840. The smallest absolute Gasteiger partial charge is 0.339 e. The van der Waals surface area contributed by atoms with E-state index in [1.165, 1.54) is 18.3 Å². The SMILES string of the molecule is Cc1nc(NCCc2cccc(F)c2)ncc1C(=O)O. The number of carboxylic acids is 1. The van der Waals surface area contributed by atoms with Gasteiger partial charge in [0.25, 0.3) is 0 Å². The summed E-state index contributed by atoms with van der Waals surface area (Å²) >= 11 is 0. The zero-order valence-corrected chi connectivity index (χ0v) is 10.9. The van der Waals surface area contributed by atoms with Gasteiger partial charge < -0.3 is 10.4 Å². The van der Waals surface area contributed by atoms with Crippen LogP contribution >= 0.6 is 0 Å². The predicted molar refractivity (Wildman–Crippen MR) is 72.3 cm³/mol. The fourth-order valence-electron chi connectivity index (χ4n) is 1.77. The number of benzene rings is 1. The van der Waals surface area contributed by atoms with Crippen molar-refractivity contribution in [2.75, 3.05) is 11.9 Å². The number of carboxylic acid groups (broad SMARTS) is 1. The van der Waals surface area contributed by atoms with E-state index in [4.69, 9.17) is 5.11 Å². The Kier molecular flexibility index (Phi) is 4.24. The topological polar surface area (TPSA) is 75.1 Å². The number of nitrogens with zero attached hydrogens (tertiary/aromatic N) is 2. The number of aromatic nitrogens is 2. The highest BCUT2D eigenvalue weighted by atomic mass is 19.1. The molecule has 0 unspecified atom stereocenters. The summed E-state index contributed by atoms with van der Waals surface area (Å²) in [4.78, 5) is 18.8. The Morgan fingerprint density at radius 2 is 2.25 bits per heavy atom. The molecule has 1 aromatic carbocycles. The molecule has 2 rings (SSSR count). The summed E-state index contributed by atoms with van der Waals surface area (Å²) in [7, 11) is 0. The first-order chi connectivity index (χ1) is 9.56. The average Bonchev–Trinajstić information content (AvgIpc) is 2.38. The molecule has 0 aliphatic carbocycles. The second-order valence-corrected chi connectivity index (χ2v) is 4.30. The molecule has 0 saturated heterocycles. The Hall–Kier alpha value is -2.50. The lowest BCUT2D eigenvalue weighted by Crippen LogP contribution is -2.11. The first-order valence-corrected chi connectivity index (χ1v) is 6.11. The number of aromatic carboxylic acids is 1. The number of aryl methyl sites for hydroxylation is 1. The van der Waals surface area contributed by atoms with Gasteiger partial charge in [-0.05, 0) is 31.0 Å². The fourth-order valence-corrected chi connectivity index (χ4v) is 1.77. The molecular formula is C14H14FN3O2. The Bertz CT molecular complexity index is 632. The van der Waals surface area contributed by atoms with Crippen LogP contribution in [-0.4, -0.2) is 27.6 Å². The zero-order valence-electron chi connectivity index (χ0n) is 10.9. The summed E-state index contributed by atoms with van der Waals surface area (Å²) in [6, 6.07) is 6.37. The summed E-state index contributed by atoms with van der Waals surface area (Å²) in [5, 5.41) is 11.9. The van der Waals surface area contributed by atoms with Crippen LogP contribution in [0.3, 0.4) is 0 Å². The second kappa shape index (κ2) is 6.10. The molecule has 0 radical (unpaired) electrons. The lowest BCUT2D eigenvalue weighted by Gasteiger charge is -2.06. The maximum absolute atomic E-state index is 13.0. The van der Waals surface area contributed by atoms with Crippen molar-refractivity contribution in [2.45, 2.75) is 13.3 Å². The van der Waals surface area contributed by atoms with Crippen LogP contribution in [0.25, 0.3) is 0 Å². The molecule has 0 atom stereocenters. The third-order valence-corrected chi connectivity index (χ3v) is 2.80. The second-order valence-electron chi connectivity index (χ2n) is 4.30. The molecule has 0 aliphatic heterocycles. The van der Waals surface area contributed by atoms with E-state index in [2.05, 4.69) is 15.3 Å². The summed E-state index contributed by atoms with van der Waals surface area (Å²) in [6.45, 7) is 2.15. The fraction of sp³-hybridized carbons (Fsp3) is 0.214. The molecule has 2 aromatic rings. The number of hydrogen-bond donors (Lipinski definition) is 2. The van der Waals surface area contributed by atoms with Crippen molar-refractivity contribution in [3.05, 3.63) is 53.1 Å². The van der Waals surface area contributed by atoms with Gasteiger partial charge in [-0.1, -0.05) is 12.1 Å². The molecule has 0 bridgehead atoms. The van der Waals surface area contributed by atoms with Gasteiger partial charge in [-0.3, -0.25) is 0 Å². The van der Waals surface area contributed by atoms with Crippen LogP contribution in [0.1, 0.15) is 21.6 Å². The van der Waals surface area contributed by atoms with Gasteiger partial charge in [0.05, 0.1) is 11.3 Å². The Morgan fingerprint density at radius 1 is 1.45 bits per heavy atom. The number of halogens is 1. The standard InChI is InChI=1S/C14H14FN3O2/c1-9-12(13(19)20)8-17-14(18-9)16-6-5-10-3-2-4-11(15)7-10/h2-4,7-8H,5-6H2,1H3,(H,19,20)(H,16,17,18). The monoisotopic (exact) mass is 275 g/mol. The van der Waals surface area contributed by atoms with Gasteiger partial charge in [-0.25, -0.2) is 19.2 Å². The molecule has 0 aliphatic rings. The highest BCUT2D eigenvalue weighted by Crippen LogP contribution is 2.08. The zero-order chi connectivity index (χ0) is 14.5. The van der Waals surface area contributed by atoms with E-state index in [-0.39, 0.29) is 11.4 Å². The van der Waals surface area contributed by atoms with Gasteiger partial charge in [-0.15, -0.1) is 0 Å². The highest BCUT2D eigenvalue weighted by molar-refractivity contribution is 5.88. The van der Waals surface area contributed by atoms with Crippen LogP contribution in [0.15, 0.2) is 30.5 Å². The Balaban J connectivity index is 1.94. The molecular weight excluding hydrogens is 261 g/mol. The highest BCUT2D eigenvalue weighted by Gasteiger charge is 2.09. The molecule has 0 amide bonds. The van der Waals surface area contributed by atoms with E-state index >= 15 is 0 Å². The molecule has 104 valence electrons. The van der Waals surface area contributed by atoms with Gasteiger partial charge in [0, 0.05) is 12.7 Å². The van der Waals surface area contributed by atoms with Crippen molar-refractivity contribution < 1.29 is 14.3 Å². The van der Waals surface area contributed by atoms with Crippen molar-refractivity contribution in [1.29, 1.82) is 0 Å². The van der Waals surface area contributed by atoms with Crippen LogP contribution in [0.4, 0.5) is 10.3 Å². The Morgan fingerprint density at radius 3 is 2.90 bits per heavy atom.